The summed E-state index contributed by atoms with van der Waals surface area (Å²) in [6.45, 7) is 8.04. The molecule has 3 nitrogen and oxygen atoms in total. The lowest BCUT2D eigenvalue weighted by atomic mass is 10.0. The van der Waals surface area contributed by atoms with Gasteiger partial charge in [-0.3, -0.25) is 4.79 Å². The van der Waals surface area contributed by atoms with Gasteiger partial charge in [0, 0.05) is 6.04 Å². The number of esters is 1. The van der Waals surface area contributed by atoms with Gasteiger partial charge in [0.25, 0.3) is 0 Å². The molecule has 14 heavy (non-hydrogen) atoms. The van der Waals surface area contributed by atoms with Gasteiger partial charge in [-0.25, -0.2) is 0 Å². The summed E-state index contributed by atoms with van der Waals surface area (Å²) in [4.78, 5) is 10.9. The van der Waals surface area contributed by atoms with Gasteiger partial charge in [-0.1, -0.05) is 27.2 Å². The number of nitrogens with two attached hydrogens (primary N) is 1. The molecule has 0 saturated heterocycles. The Bertz CT molecular complexity index is 135. The zero-order valence-electron chi connectivity index (χ0n) is 10.2. The third kappa shape index (κ3) is 11.4. The Balaban J connectivity index is 0. The summed E-state index contributed by atoms with van der Waals surface area (Å²) in [7, 11) is 1.41. The van der Waals surface area contributed by atoms with Crippen LogP contribution in [-0.4, -0.2) is 19.1 Å². The third-order valence-corrected chi connectivity index (χ3v) is 1.66. The molecule has 0 bridgehead atoms. The highest BCUT2D eigenvalue weighted by atomic mass is 16.5. The van der Waals surface area contributed by atoms with Gasteiger partial charge in [-0.2, -0.15) is 0 Å². The molecule has 0 rings (SSSR count). The molecule has 0 saturated carbocycles. The normalized spacial score (nSPS) is 13.6. The van der Waals surface area contributed by atoms with E-state index in [-0.39, 0.29) is 17.9 Å². The molecule has 2 atom stereocenters. The van der Waals surface area contributed by atoms with Crippen LogP contribution in [0.25, 0.3) is 0 Å². The molecule has 0 aliphatic carbocycles. The van der Waals surface area contributed by atoms with Crippen molar-refractivity contribution >= 4 is 5.97 Å². The van der Waals surface area contributed by atoms with Gasteiger partial charge in [-0.05, 0) is 19.8 Å². The standard InChI is InChI=1S/C8H17NO2.C3H8/c1-6(8(10)11-3)4-5-7(2)9;1-3-2/h6-7H,4-5,9H2,1-3H3;3H2,1-2H3. The highest BCUT2D eigenvalue weighted by Gasteiger charge is 2.12. The molecule has 3 heteroatoms. The van der Waals surface area contributed by atoms with E-state index in [4.69, 9.17) is 5.73 Å². The third-order valence-electron chi connectivity index (χ3n) is 1.66. The van der Waals surface area contributed by atoms with Crippen LogP contribution in [-0.2, 0) is 9.53 Å². The van der Waals surface area contributed by atoms with Crippen molar-refractivity contribution in [3.05, 3.63) is 0 Å². The van der Waals surface area contributed by atoms with Crippen LogP contribution in [0.5, 0.6) is 0 Å². The van der Waals surface area contributed by atoms with Crippen LogP contribution in [0.2, 0.25) is 0 Å². The molecule has 0 spiro atoms. The average molecular weight is 203 g/mol. The quantitative estimate of drug-likeness (QED) is 0.713. The molecule has 0 aromatic heterocycles. The van der Waals surface area contributed by atoms with Crippen molar-refractivity contribution in [3.8, 4) is 0 Å². The van der Waals surface area contributed by atoms with E-state index in [9.17, 15) is 4.79 Å². The first-order valence-corrected chi connectivity index (χ1v) is 5.32. The molecule has 0 amide bonds. The molecular weight excluding hydrogens is 178 g/mol. The lowest BCUT2D eigenvalue weighted by molar-refractivity contribution is -0.145. The molecule has 2 unspecified atom stereocenters. The summed E-state index contributed by atoms with van der Waals surface area (Å²) in [6.07, 6.45) is 2.93. The zero-order chi connectivity index (χ0) is 11.6. The lowest BCUT2D eigenvalue weighted by Crippen LogP contribution is -2.19. The molecule has 0 aromatic rings. The summed E-state index contributed by atoms with van der Waals surface area (Å²) in [5.41, 5.74) is 5.53. The second-order valence-corrected chi connectivity index (χ2v) is 3.69. The van der Waals surface area contributed by atoms with Gasteiger partial charge in [-0.15, -0.1) is 0 Å². The van der Waals surface area contributed by atoms with Gasteiger partial charge in [0.1, 0.15) is 0 Å². The van der Waals surface area contributed by atoms with Crippen molar-refractivity contribution in [3.63, 3.8) is 0 Å². The lowest BCUT2D eigenvalue weighted by Gasteiger charge is -2.09. The first-order chi connectivity index (χ1) is 6.49. The number of carbonyl (C=O) groups is 1. The van der Waals surface area contributed by atoms with Crippen molar-refractivity contribution in [2.45, 2.75) is 53.0 Å². The van der Waals surface area contributed by atoms with Crippen LogP contribution in [0.4, 0.5) is 0 Å². The van der Waals surface area contributed by atoms with E-state index in [1.165, 1.54) is 13.5 Å². The van der Waals surface area contributed by atoms with Gasteiger partial charge >= 0.3 is 5.97 Å². The minimum Gasteiger partial charge on any atom is -0.469 e. The minimum absolute atomic E-state index is 0.0222. The van der Waals surface area contributed by atoms with Gasteiger partial charge < -0.3 is 10.5 Å². The van der Waals surface area contributed by atoms with E-state index in [1.54, 1.807) is 0 Å². The SMILES string of the molecule is CCC.COC(=O)C(C)CCC(C)N. The largest absolute Gasteiger partial charge is 0.469 e. The molecule has 0 aliphatic heterocycles. The second-order valence-electron chi connectivity index (χ2n) is 3.69. The highest BCUT2D eigenvalue weighted by Crippen LogP contribution is 2.08. The predicted octanol–water partition coefficient (Wildman–Crippen LogP) is 2.34. The highest BCUT2D eigenvalue weighted by molar-refractivity contribution is 5.71. The molecule has 0 aromatic carbocycles. The maximum Gasteiger partial charge on any atom is 0.308 e. The molecule has 0 fully saturated rings. The molecule has 86 valence electrons. The predicted molar refractivity (Wildman–Crippen MR) is 60.0 cm³/mol. The topological polar surface area (TPSA) is 52.3 Å². The fraction of sp³-hybridized carbons (Fsp3) is 0.909. The number of hydrogen-bond donors (Lipinski definition) is 1. The first kappa shape index (κ1) is 15.9. The number of rotatable bonds is 4. The summed E-state index contributed by atoms with van der Waals surface area (Å²) in [5.74, 6) is -0.170. The van der Waals surface area contributed by atoms with Gasteiger partial charge in [0.15, 0.2) is 0 Å². The smallest absolute Gasteiger partial charge is 0.308 e. The van der Waals surface area contributed by atoms with Crippen LogP contribution >= 0.6 is 0 Å². The van der Waals surface area contributed by atoms with E-state index >= 15 is 0 Å². The zero-order valence-corrected chi connectivity index (χ0v) is 10.2. The monoisotopic (exact) mass is 203 g/mol. The Hall–Kier alpha value is -0.570. The Labute approximate surface area is 88.0 Å². The number of methoxy groups -OCH3 is 1. The minimum atomic E-state index is -0.148. The summed E-state index contributed by atoms with van der Waals surface area (Å²) in [6, 6.07) is 0.169. The van der Waals surface area contributed by atoms with E-state index in [1.807, 2.05) is 13.8 Å². The maximum atomic E-state index is 10.9. The fourth-order valence-corrected chi connectivity index (χ4v) is 0.832. The molecule has 0 radical (unpaired) electrons. The van der Waals surface area contributed by atoms with E-state index in [0.717, 1.165) is 12.8 Å². The molecule has 2 N–H and O–H groups in total. The van der Waals surface area contributed by atoms with Crippen LogP contribution in [0.1, 0.15) is 47.0 Å². The van der Waals surface area contributed by atoms with Gasteiger partial charge in [0.05, 0.1) is 13.0 Å². The van der Waals surface area contributed by atoms with Crippen molar-refractivity contribution in [2.24, 2.45) is 11.7 Å². The van der Waals surface area contributed by atoms with Crippen molar-refractivity contribution in [1.29, 1.82) is 0 Å². The first-order valence-electron chi connectivity index (χ1n) is 5.32. The van der Waals surface area contributed by atoms with E-state index < -0.39 is 0 Å². The molecular formula is C11H25NO2. The van der Waals surface area contributed by atoms with E-state index in [2.05, 4.69) is 18.6 Å². The number of ether oxygens (including phenoxy) is 1. The van der Waals surface area contributed by atoms with Crippen LogP contribution in [0.3, 0.4) is 0 Å². The fourth-order valence-electron chi connectivity index (χ4n) is 0.832. The molecule has 0 aliphatic rings. The second kappa shape index (κ2) is 10.5. The van der Waals surface area contributed by atoms with E-state index in [0.29, 0.717) is 0 Å². The van der Waals surface area contributed by atoms with Crippen molar-refractivity contribution < 1.29 is 9.53 Å². The Morgan fingerprint density at radius 3 is 2.00 bits per heavy atom. The Morgan fingerprint density at radius 1 is 1.29 bits per heavy atom. The summed E-state index contributed by atoms with van der Waals surface area (Å²) in [5, 5.41) is 0. The van der Waals surface area contributed by atoms with Crippen molar-refractivity contribution in [2.75, 3.05) is 7.11 Å². The van der Waals surface area contributed by atoms with Crippen LogP contribution < -0.4 is 5.73 Å². The van der Waals surface area contributed by atoms with Crippen molar-refractivity contribution in [1.82, 2.24) is 0 Å². The number of carbonyl (C=O) groups excluding carboxylic acids is 1. The Kier molecular flexibility index (Phi) is 11.9. The molecule has 0 heterocycles. The maximum absolute atomic E-state index is 10.9. The average Bonchev–Trinajstić information content (AvgIpc) is 2.14. The van der Waals surface area contributed by atoms with Crippen LogP contribution in [0, 0.1) is 5.92 Å². The Morgan fingerprint density at radius 2 is 1.71 bits per heavy atom. The number of hydrogen-bond acceptors (Lipinski definition) is 3. The van der Waals surface area contributed by atoms with Crippen LogP contribution in [0.15, 0.2) is 0 Å². The van der Waals surface area contributed by atoms with Gasteiger partial charge in [0.2, 0.25) is 0 Å². The summed E-state index contributed by atoms with van der Waals surface area (Å²) >= 11 is 0. The summed E-state index contributed by atoms with van der Waals surface area (Å²) < 4.78 is 4.56.